The van der Waals surface area contributed by atoms with Crippen LogP contribution in [0.5, 0.6) is 11.5 Å². The van der Waals surface area contributed by atoms with E-state index in [1.807, 2.05) is 49.4 Å². The van der Waals surface area contributed by atoms with Crippen LogP contribution >= 0.6 is 0 Å². The molecule has 0 spiro atoms. The molecule has 0 saturated carbocycles. The number of aliphatic hydroxyl groups excluding tert-OH is 1. The first-order valence-corrected chi connectivity index (χ1v) is 10.8. The van der Waals surface area contributed by atoms with Crippen LogP contribution in [0.25, 0.3) is 6.08 Å². The van der Waals surface area contributed by atoms with Gasteiger partial charge in [0.1, 0.15) is 29.8 Å². The maximum Gasteiger partial charge on any atom is 0.309 e. The van der Waals surface area contributed by atoms with Gasteiger partial charge in [0.25, 0.3) is 0 Å². The van der Waals surface area contributed by atoms with E-state index < -0.39 is 12.2 Å². The van der Waals surface area contributed by atoms with E-state index >= 15 is 0 Å². The van der Waals surface area contributed by atoms with Crippen molar-refractivity contribution in [2.24, 2.45) is 0 Å². The van der Waals surface area contributed by atoms with Gasteiger partial charge in [-0.25, -0.2) is 0 Å². The molecule has 0 aliphatic carbocycles. The summed E-state index contributed by atoms with van der Waals surface area (Å²) in [7, 11) is 0. The molecule has 5 nitrogen and oxygen atoms in total. The standard InChI is InChI=1S/C26H30O5/c1-16-21(11-10-20-12-19(27)13-23(28)30-20)25-22(14-26(3,4)31-25)17(2)24(16)29-15-18-8-6-5-7-9-18/h5-11,19-20,27H,12-15H2,1-4H3/t19-,20-/m1/s1. The van der Waals surface area contributed by atoms with E-state index in [1.165, 1.54) is 0 Å². The van der Waals surface area contributed by atoms with Crippen molar-refractivity contribution in [2.45, 2.75) is 71.4 Å². The molecule has 5 heteroatoms. The van der Waals surface area contributed by atoms with Gasteiger partial charge in [-0.05, 0) is 44.9 Å². The van der Waals surface area contributed by atoms with E-state index in [0.717, 1.165) is 45.7 Å². The Morgan fingerprint density at radius 2 is 1.94 bits per heavy atom. The number of benzene rings is 2. The monoisotopic (exact) mass is 422 g/mol. The number of fused-ring (bicyclic) bond motifs is 1. The quantitative estimate of drug-likeness (QED) is 0.709. The average molecular weight is 423 g/mol. The van der Waals surface area contributed by atoms with Crippen LogP contribution in [0.3, 0.4) is 0 Å². The molecule has 2 aliphatic heterocycles. The molecule has 0 amide bonds. The first-order valence-electron chi connectivity index (χ1n) is 10.8. The van der Waals surface area contributed by atoms with Gasteiger partial charge < -0.3 is 19.3 Å². The van der Waals surface area contributed by atoms with Crippen LogP contribution in [0.4, 0.5) is 0 Å². The zero-order valence-electron chi connectivity index (χ0n) is 18.6. The maximum atomic E-state index is 11.7. The van der Waals surface area contributed by atoms with E-state index in [4.69, 9.17) is 14.2 Å². The number of carbonyl (C=O) groups excluding carboxylic acids is 1. The average Bonchev–Trinajstić information content (AvgIpc) is 3.03. The zero-order valence-corrected chi connectivity index (χ0v) is 18.6. The fraction of sp³-hybridized carbons (Fsp3) is 0.423. The second kappa shape index (κ2) is 8.39. The number of rotatable bonds is 5. The minimum absolute atomic E-state index is 0.0536. The Kier molecular flexibility index (Phi) is 5.80. The van der Waals surface area contributed by atoms with Gasteiger partial charge in [-0.3, -0.25) is 4.79 Å². The Balaban J connectivity index is 1.69. The first kappa shape index (κ1) is 21.4. The Morgan fingerprint density at radius 3 is 2.65 bits per heavy atom. The predicted molar refractivity (Wildman–Crippen MR) is 119 cm³/mol. The van der Waals surface area contributed by atoms with Crippen LogP contribution in [0.1, 0.15) is 54.5 Å². The molecule has 2 aromatic carbocycles. The molecule has 164 valence electrons. The van der Waals surface area contributed by atoms with Crippen molar-refractivity contribution in [2.75, 3.05) is 0 Å². The minimum atomic E-state index is -0.666. The molecule has 31 heavy (non-hydrogen) atoms. The van der Waals surface area contributed by atoms with Gasteiger partial charge in [0.2, 0.25) is 0 Å². The molecular formula is C26H30O5. The van der Waals surface area contributed by atoms with E-state index in [9.17, 15) is 9.90 Å². The maximum absolute atomic E-state index is 11.7. The molecule has 2 aliphatic rings. The summed E-state index contributed by atoms with van der Waals surface area (Å²) in [6.07, 6.45) is 3.93. The molecule has 0 aromatic heterocycles. The number of cyclic esters (lactones) is 1. The van der Waals surface area contributed by atoms with Crippen LogP contribution in [0.15, 0.2) is 36.4 Å². The molecule has 1 fully saturated rings. The number of hydrogen-bond donors (Lipinski definition) is 1. The Labute approximate surface area is 183 Å². The van der Waals surface area contributed by atoms with Crippen LogP contribution in [-0.2, 0) is 22.6 Å². The summed E-state index contributed by atoms with van der Waals surface area (Å²) in [5.41, 5.74) is 4.99. The topological polar surface area (TPSA) is 65.0 Å². The SMILES string of the molecule is Cc1c(C=C[C@@H]2C[C@@H](O)CC(=O)O2)c2c(c(C)c1OCc1ccccc1)CC(C)(C)O2. The Hall–Kier alpha value is -2.79. The second-order valence-corrected chi connectivity index (χ2v) is 9.09. The lowest BCUT2D eigenvalue weighted by molar-refractivity contribution is -0.156. The van der Waals surface area contributed by atoms with Gasteiger partial charge in [-0.2, -0.15) is 0 Å². The highest BCUT2D eigenvalue weighted by atomic mass is 16.5. The number of esters is 1. The molecule has 2 atom stereocenters. The Morgan fingerprint density at radius 1 is 1.19 bits per heavy atom. The lowest BCUT2D eigenvalue weighted by atomic mass is 9.92. The van der Waals surface area contributed by atoms with Crippen LogP contribution in [0, 0.1) is 13.8 Å². The minimum Gasteiger partial charge on any atom is -0.488 e. The highest BCUT2D eigenvalue weighted by Crippen LogP contribution is 2.46. The van der Waals surface area contributed by atoms with Crippen molar-refractivity contribution in [3.63, 3.8) is 0 Å². The number of hydrogen-bond acceptors (Lipinski definition) is 5. The molecular weight excluding hydrogens is 392 g/mol. The molecule has 0 bridgehead atoms. The normalized spacial score (nSPS) is 22.2. The molecule has 0 unspecified atom stereocenters. The van der Waals surface area contributed by atoms with E-state index in [1.54, 1.807) is 0 Å². The highest BCUT2D eigenvalue weighted by molar-refractivity contribution is 5.73. The zero-order chi connectivity index (χ0) is 22.2. The summed E-state index contributed by atoms with van der Waals surface area (Å²) in [5, 5.41) is 9.90. The Bertz CT molecular complexity index is 1010. The molecule has 1 saturated heterocycles. The highest BCUT2D eigenvalue weighted by Gasteiger charge is 2.35. The molecule has 0 radical (unpaired) electrons. The summed E-state index contributed by atoms with van der Waals surface area (Å²) in [4.78, 5) is 11.7. The molecule has 4 rings (SSSR count). The summed E-state index contributed by atoms with van der Waals surface area (Å²) >= 11 is 0. The first-order chi connectivity index (χ1) is 14.7. The summed E-state index contributed by atoms with van der Waals surface area (Å²) in [6.45, 7) is 8.77. The predicted octanol–water partition coefficient (Wildman–Crippen LogP) is 4.68. The third kappa shape index (κ3) is 4.62. The molecule has 2 aromatic rings. The van der Waals surface area contributed by atoms with Crippen molar-refractivity contribution in [3.05, 3.63) is 64.2 Å². The number of carbonyl (C=O) groups is 1. The molecule has 2 heterocycles. The second-order valence-electron chi connectivity index (χ2n) is 9.09. The lowest BCUT2D eigenvalue weighted by Crippen LogP contribution is -2.31. The van der Waals surface area contributed by atoms with Crippen molar-refractivity contribution in [1.82, 2.24) is 0 Å². The third-order valence-electron chi connectivity index (χ3n) is 5.93. The van der Waals surface area contributed by atoms with Gasteiger partial charge in [-0.15, -0.1) is 0 Å². The van der Waals surface area contributed by atoms with Gasteiger partial charge in [-0.1, -0.05) is 36.4 Å². The van der Waals surface area contributed by atoms with Crippen LogP contribution < -0.4 is 9.47 Å². The van der Waals surface area contributed by atoms with E-state index in [0.29, 0.717) is 13.0 Å². The smallest absolute Gasteiger partial charge is 0.309 e. The number of aliphatic hydroxyl groups is 1. The summed E-state index contributed by atoms with van der Waals surface area (Å²) < 4.78 is 18.0. The summed E-state index contributed by atoms with van der Waals surface area (Å²) in [6, 6.07) is 10.1. The third-order valence-corrected chi connectivity index (χ3v) is 5.93. The van der Waals surface area contributed by atoms with Crippen LogP contribution in [-0.4, -0.2) is 28.9 Å². The van der Waals surface area contributed by atoms with Crippen molar-refractivity contribution >= 4 is 12.0 Å². The number of ether oxygens (including phenoxy) is 3. The fourth-order valence-electron chi connectivity index (χ4n) is 4.39. The van der Waals surface area contributed by atoms with E-state index in [-0.39, 0.29) is 18.0 Å². The van der Waals surface area contributed by atoms with Crippen molar-refractivity contribution in [3.8, 4) is 11.5 Å². The lowest BCUT2D eigenvalue weighted by Gasteiger charge is -2.24. The van der Waals surface area contributed by atoms with Gasteiger partial charge in [0.15, 0.2) is 0 Å². The van der Waals surface area contributed by atoms with Crippen molar-refractivity contribution in [1.29, 1.82) is 0 Å². The molecule has 1 N–H and O–H groups in total. The van der Waals surface area contributed by atoms with Gasteiger partial charge in [0.05, 0.1) is 12.5 Å². The van der Waals surface area contributed by atoms with Gasteiger partial charge >= 0.3 is 5.97 Å². The largest absolute Gasteiger partial charge is 0.488 e. The fourth-order valence-corrected chi connectivity index (χ4v) is 4.39. The van der Waals surface area contributed by atoms with Gasteiger partial charge in [0, 0.05) is 29.5 Å². The van der Waals surface area contributed by atoms with Crippen molar-refractivity contribution < 1.29 is 24.1 Å². The van der Waals surface area contributed by atoms with Crippen LogP contribution in [0.2, 0.25) is 0 Å². The summed E-state index contributed by atoms with van der Waals surface area (Å²) in [5.74, 6) is 1.36. The van der Waals surface area contributed by atoms with E-state index in [2.05, 4.69) is 20.8 Å².